The van der Waals surface area contributed by atoms with E-state index < -0.39 is 30.1 Å². The first kappa shape index (κ1) is 14.8. The van der Waals surface area contributed by atoms with Gasteiger partial charge in [0.15, 0.2) is 6.10 Å². The fourth-order valence-corrected chi connectivity index (χ4v) is 2.89. The molecular formula is C14H15F3O3. The molecule has 0 saturated heterocycles. The second-order valence-corrected chi connectivity index (χ2v) is 5.16. The van der Waals surface area contributed by atoms with Gasteiger partial charge in [0, 0.05) is 6.42 Å². The standard InChI is InChI=1S/C14H15F3O3/c15-14(16,17)11(18)8-13(12(19)20)7-3-5-9-4-1-2-6-10(9)13/h1-2,4,6,11,18H,3,5,7-8H2,(H,19,20). The van der Waals surface area contributed by atoms with Gasteiger partial charge in [0.2, 0.25) is 0 Å². The number of carbonyl (C=O) groups is 1. The minimum Gasteiger partial charge on any atom is -0.481 e. The lowest BCUT2D eigenvalue weighted by Crippen LogP contribution is -2.45. The summed E-state index contributed by atoms with van der Waals surface area (Å²) in [6.45, 7) is 0. The highest BCUT2D eigenvalue weighted by Gasteiger charge is 2.50. The summed E-state index contributed by atoms with van der Waals surface area (Å²) in [5.41, 5.74) is -0.526. The first-order valence-electron chi connectivity index (χ1n) is 6.34. The highest BCUT2D eigenvalue weighted by atomic mass is 19.4. The van der Waals surface area contributed by atoms with Crippen LogP contribution in [-0.2, 0) is 16.6 Å². The van der Waals surface area contributed by atoms with Crippen molar-refractivity contribution in [1.29, 1.82) is 0 Å². The SMILES string of the molecule is O=C(O)C1(CC(O)C(F)(F)F)CCCc2ccccc21. The zero-order chi connectivity index (χ0) is 15.0. The monoisotopic (exact) mass is 288 g/mol. The molecule has 1 aromatic rings. The van der Waals surface area contributed by atoms with Crippen molar-refractivity contribution in [2.24, 2.45) is 0 Å². The lowest BCUT2D eigenvalue weighted by atomic mass is 9.67. The van der Waals surface area contributed by atoms with Gasteiger partial charge in [-0.3, -0.25) is 4.79 Å². The number of hydrogen-bond acceptors (Lipinski definition) is 2. The summed E-state index contributed by atoms with van der Waals surface area (Å²) in [5.74, 6) is -1.31. The van der Waals surface area contributed by atoms with Gasteiger partial charge in [0.25, 0.3) is 0 Å². The topological polar surface area (TPSA) is 57.5 Å². The molecule has 6 heteroatoms. The number of hydrogen-bond donors (Lipinski definition) is 2. The Morgan fingerprint density at radius 3 is 2.60 bits per heavy atom. The summed E-state index contributed by atoms with van der Waals surface area (Å²) in [6.07, 6.45) is -7.05. The quantitative estimate of drug-likeness (QED) is 0.899. The molecule has 0 aliphatic heterocycles. The third-order valence-corrected chi connectivity index (χ3v) is 3.91. The van der Waals surface area contributed by atoms with Crippen molar-refractivity contribution in [3.05, 3.63) is 35.4 Å². The summed E-state index contributed by atoms with van der Waals surface area (Å²) < 4.78 is 37.7. The summed E-state index contributed by atoms with van der Waals surface area (Å²) >= 11 is 0. The average Bonchev–Trinajstić information content (AvgIpc) is 2.37. The zero-order valence-corrected chi connectivity index (χ0v) is 10.7. The molecule has 1 aliphatic rings. The van der Waals surface area contributed by atoms with Gasteiger partial charge in [-0.1, -0.05) is 24.3 Å². The van der Waals surface area contributed by atoms with Crippen LogP contribution in [0.25, 0.3) is 0 Å². The molecule has 3 nitrogen and oxygen atoms in total. The van der Waals surface area contributed by atoms with E-state index in [4.69, 9.17) is 0 Å². The molecule has 20 heavy (non-hydrogen) atoms. The molecule has 2 atom stereocenters. The van der Waals surface area contributed by atoms with Crippen molar-refractivity contribution in [3.8, 4) is 0 Å². The minimum atomic E-state index is -4.81. The van der Waals surface area contributed by atoms with E-state index in [-0.39, 0.29) is 6.42 Å². The predicted octanol–water partition coefficient (Wildman–Crippen LogP) is 2.66. The number of alkyl halides is 3. The second-order valence-electron chi connectivity index (χ2n) is 5.16. The Labute approximate surface area is 114 Å². The maximum absolute atomic E-state index is 12.6. The largest absolute Gasteiger partial charge is 0.481 e. The van der Waals surface area contributed by atoms with E-state index in [9.17, 15) is 28.2 Å². The zero-order valence-electron chi connectivity index (χ0n) is 10.7. The van der Waals surface area contributed by atoms with Gasteiger partial charge in [-0.05, 0) is 30.4 Å². The normalized spacial score (nSPS) is 24.0. The number of carboxylic acids is 1. The van der Waals surface area contributed by atoms with Gasteiger partial charge in [0.1, 0.15) is 0 Å². The summed E-state index contributed by atoms with van der Waals surface area (Å²) in [6, 6.07) is 6.62. The van der Waals surface area contributed by atoms with Crippen molar-refractivity contribution in [2.45, 2.75) is 43.4 Å². The smallest absolute Gasteiger partial charge is 0.414 e. The molecule has 1 aliphatic carbocycles. The van der Waals surface area contributed by atoms with E-state index in [0.717, 1.165) is 5.56 Å². The van der Waals surface area contributed by atoms with Gasteiger partial charge in [-0.15, -0.1) is 0 Å². The predicted molar refractivity (Wildman–Crippen MR) is 65.4 cm³/mol. The molecule has 0 saturated carbocycles. The molecule has 0 fully saturated rings. The number of halogens is 3. The Morgan fingerprint density at radius 2 is 2.00 bits per heavy atom. The molecule has 2 unspecified atom stereocenters. The van der Waals surface area contributed by atoms with Crippen molar-refractivity contribution in [3.63, 3.8) is 0 Å². The van der Waals surface area contributed by atoms with Crippen molar-refractivity contribution < 1.29 is 28.2 Å². The number of aryl methyl sites for hydroxylation is 1. The van der Waals surface area contributed by atoms with Gasteiger partial charge >= 0.3 is 12.1 Å². The number of rotatable bonds is 3. The first-order chi connectivity index (χ1) is 9.27. The van der Waals surface area contributed by atoms with Crippen molar-refractivity contribution in [2.75, 3.05) is 0 Å². The van der Waals surface area contributed by atoms with Gasteiger partial charge in [-0.2, -0.15) is 13.2 Å². The maximum Gasteiger partial charge on any atom is 0.414 e. The minimum absolute atomic E-state index is 0.104. The van der Waals surface area contributed by atoms with Crippen LogP contribution in [0.2, 0.25) is 0 Å². The number of aliphatic carboxylic acids is 1. The van der Waals surface area contributed by atoms with Gasteiger partial charge in [0.05, 0.1) is 5.41 Å². The van der Waals surface area contributed by atoms with E-state index in [2.05, 4.69) is 0 Å². The Hall–Kier alpha value is -1.56. The first-order valence-corrected chi connectivity index (χ1v) is 6.34. The van der Waals surface area contributed by atoms with E-state index in [1.807, 2.05) is 0 Å². The molecule has 0 amide bonds. The van der Waals surface area contributed by atoms with Crippen LogP contribution in [0.5, 0.6) is 0 Å². The fraction of sp³-hybridized carbons (Fsp3) is 0.500. The molecule has 1 aromatic carbocycles. The lowest BCUT2D eigenvalue weighted by Gasteiger charge is -2.37. The van der Waals surface area contributed by atoms with E-state index in [0.29, 0.717) is 18.4 Å². The Morgan fingerprint density at radius 1 is 1.35 bits per heavy atom. The van der Waals surface area contributed by atoms with Crippen LogP contribution in [0.4, 0.5) is 13.2 Å². The highest BCUT2D eigenvalue weighted by molar-refractivity contribution is 5.82. The average molecular weight is 288 g/mol. The third kappa shape index (κ3) is 2.52. The molecule has 2 N–H and O–H groups in total. The van der Waals surface area contributed by atoms with Crippen LogP contribution in [0.3, 0.4) is 0 Å². The number of fused-ring (bicyclic) bond motifs is 1. The van der Waals surface area contributed by atoms with E-state index in [1.54, 1.807) is 24.3 Å². The van der Waals surface area contributed by atoms with Gasteiger partial charge in [-0.25, -0.2) is 0 Å². The number of aliphatic hydroxyl groups is 1. The number of aliphatic hydroxyl groups excluding tert-OH is 1. The molecule has 2 rings (SSSR count). The second kappa shape index (κ2) is 5.09. The van der Waals surface area contributed by atoms with E-state index >= 15 is 0 Å². The van der Waals surface area contributed by atoms with E-state index in [1.165, 1.54) is 0 Å². The van der Waals surface area contributed by atoms with Crippen LogP contribution >= 0.6 is 0 Å². The third-order valence-electron chi connectivity index (χ3n) is 3.91. The molecule has 0 bridgehead atoms. The lowest BCUT2D eigenvalue weighted by molar-refractivity contribution is -0.211. The maximum atomic E-state index is 12.6. The fourth-order valence-electron chi connectivity index (χ4n) is 2.89. The summed E-state index contributed by atoms with van der Waals surface area (Å²) in [5, 5.41) is 18.8. The molecule has 0 spiro atoms. The van der Waals surface area contributed by atoms with Crippen LogP contribution < -0.4 is 0 Å². The van der Waals surface area contributed by atoms with Crippen LogP contribution in [-0.4, -0.2) is 28.5 Å². The Kier molecular flexibility index (Phi) is 3.77. The highest BCUT2D eigenvalue weighted by Crippen LogP contribution is 2.43. The van der Waals surface area contributed by atoms with Crippen molar-refractivity contribution in [1.82, 2.24) is 0 Å². The summed E-state index contributed by atoms with van der Waals surface area (Å²) in [7, 11) is 0. The molecule has 110 valence electrons. The summed E-state index contributed by atoms with van der Waals surface area (Å²) in [4.78, 5) is 11.6. The number of carboxylic acid groups (broad SMARTS) is 1. The Balaban J connectivity index is 2.45. The number of benzene rings is 1. The van der Waals surface area contributed by atoms with Crippen LogP contribution in [0.1, 0.15) is 30.4 Å². The van der Waals surface area contributed by atoms with Gasteiger partial charge < -0.3 is 10.2 Å². The molecule has 0 radical (unpaired) electrons. The van der Waals surface area contributed by atoms with Crippen LogP contribution in [0, 0.1) is 0 Å². The molecule has 0 heterocycles. The molecule has 0 aromatic heterocycles. The van der Waals surface area contributed by atoms with Crippen LogP contribution in [0.15, 0.2) is 24.3 Å². The molecular weight excluding hydrogens is 273 g/mol. The van der Waals surface area contributed by atoms with Crippen molar-refractivity contribution >= 4 is 5.97 Å². The Bertz CT molecular complexity index is 513.